The van der Waals surface area contributed by atoms with E-state index in [0.29, 0.717) is 5.69 Å². The number of rotatable bonds is 3. The van der Waals surface area contributed by atoms with Crippen LogP contribution in [-0.4, -0.2) is 28.2 Å². The van der Waals surface area contributed by atoms with Crippen molar-refractivity contribution in [3.8, 4) is 11.5 Å². The third-order valence-corrected chi connectivity index (χ3v) is 2.90. The van der Waals surface area contributed by atoms with E-state index in [2.05, 4.69) is 10.4 Å². The first-order chi connectivity index (χ1) is 11.0. The van der Waals surface area contributed by atoms with E-state index in [1.54, 1.807) is 24.3 Å². The van der Waals surface area contributed by atoms with Gasteiger partial charge in [-0.15, -0.1) is 0 Å². The number of anilines is 1. The third-order valence-electron chi connectivity index (χ3n) is 2.90. The van der Waals surface area contributed by atoms with Crippen LogP contribution in [0.25, 0.3) is 0 Å². The second-order valence-corrected chi connectivity index (χ2v) is 4.76. The molecule has 4 N–H and O–H groups in total. The highest BCUT2D eigenvalue weighted by atomic mass is 16.3. The number of hydrogen-bond acceptors (Lipinski definition) is 5. The summed E-state index contributed by atoms with van der Waals surface area (Å²) in [5.74, 6) is -2.10. The van der Waals surface area contributed by atoms with Gasteiger partial charge in [0.2, 0.25) is 0 Å². The molecule has 23 heavy (non-hydrogen) atoms. The van der Waals surface area contributed by atoms with E-state index in [1.807, 2.05) is 12.3 Å². The summed E-state index contributed by atoms with van der Waals surface area (Å²) in [4.78, 5) is 23.3. The van der Waals surface area contributed by atoms with Crippen molar-refractivity contribution < 1.29 is 19.8 Å². The topological polar surface area (TPSA) is 111 Å². The molecule has 0 spiro atoms. The summed E-state index contributed by atoms with van der Waals surface area (Å²) in [6, 6.07) is 10.9. The van der Waals surface area contributed by atoms with Gasteiger partial charge in [-0.2, -0.15) is 5.10 Å². The molecule has 0 radical (unpaired) electrons. The lowest BCUT2D eigenvalue weighted by atomic mass is 10.2. The van der Waals surface area contributed by atoms with E-state index in [-0.39, 0.29) is 17.1 Å². The van der Waals surface area contributed by atoms with Crippen LogP contribution in [-0.2, 0) is 9.59 Å². The van der Waals surface area contributed by atoms with Gasteiger partial charge in [0.1, 0.15) is 11.5 Å². The lowest BCUT2D eigenvalue weighted by Gasteiger charge is -2.04. The number of hydrazone groups is 1. The molecule has 118 valence electrons. The van der Waals surface area contributed by atoms with Crippen LogP contribution in [0.3, 0.4) is 0 Å². The predicted octanol–water partition coefficient (Wildman–Crippen LogP) is 1.50. The van der Waals surface area contributed by atoms with Crippen LogP contribution in [0.2, 0.25) is 0 Å². The molecule has 0 aliphatic heterocycles. The normalized spacial score (nSPS) is 10.5. The number of phenolic OH excluding ortho intramolecular Hbond substituents is 2. The van der Waals surface area contributed by atoms with Crippen LogP contribution in [0, 0.1) is 6.92 Å². The molecule has 0 heterocycles. The highest BCUT2D eigenvalue weighted by Gasteiger charge is 2.12. The number of benzene rings is 2. The number of carbonyl (C=O) groups is 2. The lowest BCUT2D eigenvalue weighted by Crippen LogP contribution is -2.32. The fourth-order valence-electron chi connectivity index (χ4n) is 1.68. The smallest absolute Gasteiger partial charge is 0.329 e. The molecule has 0 aliphatic carbocycles. The maximum atomic E-state index is 11.7. The summed E-state index contributed by atoms with van der Waals surface area (Å²) >= 11 is 0. The van der Waals surface area contributed by atoms with Gasteiger partial charge < -0.3 is 15.5 Å². The van der Waals surface area contributed by atoms with E-state index in [4.69, 9.17) is 5.11 Å². The minimum Gasteiger partial charge on any atom is -0.508 e. The van der Waals surface area contributed by atoms with Crippen LogP contribution in [0.5, 0.6) is 11.5 Å². The Hall–Kier alpha value is -3.35. The van der Waals surface area contributed by atoms with E-state index >= 15 is 0 Å². The average Bonchev–Trinajstić information content (AvgIpc) is 2.51. The fraction of sp³-hybridized carbons (Fsp3) is 0.0625. The van der Waals surface area contributed by atoms with Crippen LogP contribution in [0.1, 0.15) is 11.1 Å². The Kier molecular flexibility index (Phi) is 4.93. The first-order valence-electron chi connectivity index (χ1n) is 6.69. The summed E-state index contributed by atoms with van der Waals surface area (Å²) in [5, 5.41) is 24.7. The summed E-state index contributed by atoms with van der Waals surface area (Å²) in [5.41, 5.74) is 3.86. The maximum absolute atomic E-state index is 11.7. The second kappa shape index (κ2) is 7.08. The van der Waals surface area contributed by atoms with Gasteiger partial charge >= 0.3 is 11.8 Å². The molecule has 7 heteroatoms. The Morgan fingerprint density at radius 2 is 1.74 bits per heavy atom. The molecule has 2 rings (SSSR count). The van der Waals surface area contributed by atoms with Crippen molar-refractivity contribution in [1.82, 2.24) is 5.43 Å². The number of aryl methyl sites for hydroxylation is 1. The SMILES string of the molecule is Cc1ccc(NC(=O)C(=O)N/N=C/c2ccc(O)cc2O)cc1. The van der Waals surface area contributed by atoms with Crippen molar-refractivity contribution in [1.29, 1.82) is 0 Å². The lowest BCUT2D eigenvalue weighted by molar-refractivity contribution is -0.136. The Balaban J connectivity index is 1.92. The number of amides is 2. The van der Waals surface area contributed by atoms with E-state index in [9.17, 15) is 14.7 Å². The molecule has 0 saturated carbocycles. The van der Waals surface area contributed by atoms with Crippen LogP contribution in [0.15, 0.2) is 47.6 Å². The molecule has 2 aromatic rings. The van der Waals surface area contributed by atoms with Crippen LogP contribution >= 0.6 is 0 Å². The quantitative estimate of drug-likeness (QED) is 0.391. The third kappa shape index (κ3) is 4.57. The average molecular weight is 313 g/mol. The zero-order valence-corrected chi connectivity index (χ0v) is 12.3. The van der Waals surface area contributed by atoms with Gasteiger partial charge in [-0.05, 0) is 31.2 Å². The summed E-state index contributed by atoms with van der Waals surface area (Å²) in [6.07, 6.45) is 1.16. The van der Waals surface area contributed by atoms with Gasteiger partial charge in [-0.1, -0.05) is 17.7 Å². The van der Waals surface area contributed by atoms with Gasteiger partial charge in [0, 0.05) is 17.3 Å². The van der Waals surface area contributed by atoms with Crippen molar-refractivity contribution in [2.24, 2.45) is 5.10 Å². The molecular weight excluding hydrogens is 298 g/mol. The molecule has 0 atom stereocenters. The molecule has 0 fully saturated rings. The van der Waals surface area contributed by atoms with Crippen molar-refractivity contribution in [3.63, 3.8) is 0 Å². The Morgan fingerprint density at radius 3 is 2.39 bits per heavy atom. The number of aromatic hydroxyl groups is 2. The first kappa shape index (κ1) is 16.0. The maximum Gasteiger partial charge on any atom is 0.329 e. The summed E-state index contributed by atoms with van der Waals surface area (Å²) < 4.78 is 0. The minimum absolute atomic E-state index is 0.0961. The van der Waals surface area contributed by atoms with E-state index in [0.717, 1.165) is 17.8 Å². The zero-order valence-electron chi connectivity index (χ0n) is 12.3. The summed E-state index contributed by atoms with van der Waals surface area (Å²) in [6.45, 7) is 1.91. The van der Waals surface area contributed by atoms with E-state index < -0.39 is 11.8 Å². The number of carbonyl (C=O) groups excluding carboxylic acids is 2. The molecule has 0 aromatic heterocycles. The molecule has 7 nitrogen and oxygen atoms in total. The zero-order chi connectivity index (χ0) is 16.8. The number of hydrogen-bond donors (Lipinski definition) is 4. The van der Waals surface area contributed by atoms with Gasteiger partial charge in [-0.25, -0.2) is 5.43 Å². The highest BCUT2D eigenvalue weighted by molar-refractivity contribution is 6.39. The fourth-order valence-corrected chi connectivity index (χ4v) is 1.68. The molecule has 0 saturated heterocycles. The highest BCUT2D eigenvalue weighted by Crippen LogP contribution is 2.20. The van der Waals surface area contributed by atoms with Crippen molar-refractivity contribution in [3.05, 3.63) is 53.6 Å². The van der Waals surface area contributed by atoms with Crippen LogP contribution < -0.4 is 10.7 Å². The van der Waals surface area contributed by atoms with Gasteiger partial charge in [0.15, 0.2) is 0 Å². The molecule has 0 bridgehead atoms. The monoisotopic (exact) mass is 313 g/mol. The standard InChI is InChI=1S/C16H15N3O4/c1-10-2-5-12(6-3-10)18-15(22)16(23)19-17-9-11-4-7-13(20)8-14(11)21/h2-9,20-21H,1H3,(H,18,22)(H,19,23)/b17-9+. The Morgan fingerprint density at radius 1 is 1.04 bits per heavy atom. The van der Waals surface area contributed by atoms with Gasteiger partial charge in [0.05, 0.1) is 6.21 Å². The molecule has 0 unspecified atom stereocenters. The van der Waals surface area contributed by atoms with Gasteiger partial charge in [-0.3, -0.25) is 9.59 Å². The van der Waals surface area contributed by atoms with Crippen LogP contribution in [0.4, 0.5) is 5.69 Å². The molecule has 2 aromatic carbocycles. The first-order valence-corrected chi connectivity index (χ1v) is 6.69. The van der Waals surface area contributed by atoms with Crippen molar-refractivity contribution in [2.75, 3.05) is 5.32 Å². The summed E-state index contributed by atoms with van der Waals surface area (Å²) in [7, 11) is 0. The Labute approximate surface area is 132 Å². The van der Waals surface area contributed by atoms with Crippen molar-refractivity contribution >= 4 is 23.7 Å². The van der Waals surface area contributed by atoms with Crippen molar-refractivity contribution in [2.45, 2.75) is 6.92 Å². The number of nitrogens with one attached hydrogen (secondary N) is 2. The van der Waals surface area contributed by atoms with Gasteiger partial charge in [0.25, 0.3) is 0 Å². The second-order valence-electron chi connectivity index (χ2n) is 4.76. The number of nitrogens with zero attached hydrogens (tertiary/aromatic N) is 1. The Bertz CT molecular complexity index is 754. The molecular formula is C16H15N3O4. The molecule has 2 amide bonds. The number of phenols is 2. The van der Waals surface area contributed by atoms with E-state index in [1.165, 1.54) is 12.1 Å². The largest absolute Gasteiger partial charge is 0.508 e. The predicted molar refractivity (Wildman–Crippen MR) is 85.3 cm³/mol. The molecule has 0 aliphatic rings. The minimum atomic E-state index is -0.944.